The Bertz CT molecular complexity index is 3270. The second-order valence-corrected chi connectivity index (χ2v) is 16.8. The van der Waals surface area contributed by atoms with Crippen molar-refractivity contribution in [2.75, 3.05) is 9.80 Å². The molecule has 0 unspecified atom stereocenters. The lowest BCUT2D eigenvalue weighted by atomic mass is 9.94. The van der Waals surface area contributed by atoms with E-state index in [1.54, 1.807) is 0 Å². The van der Waals surface area contributed by atoms with Crippen LogP contribution < -0.4 is 9.80 Å². The highest BCUT2D eigenvalue weighted by Crippen LogP contribution is 2.39. The molecule has 0 spiro atoms. The van der Waals surface area contributed by atoms with E-state index in [9.17, 15) is 0 Å². The number of para-hydroxylation sites is 2. The second kappa shape index (κ2) is 19.2. The zero-order valence-corrected chi connectivity index (χ0v) is 37.5. The first-order chi connectivity index (χ1) is 34.5. The Hall–Kier alpha value is -8.98. The third-order valence-electron chi connectivity index (χ3n) is 12.6. The minimum absolute atomic E-state index is 0.485. The summed E-state index contributed by atoms with van der Waals surface area (Å²) in [5.74, 6) is 0. The van der Waals surface area contributed by atoms with Crippen molar-refractivity contribution in [1.29, 1.82) is 0 Å². The van der Waals surface area contributed by atoms with Crippen LogP contribution in [0.3, 0.4) is 0 Å². The normalized spacial score (nSPS) is 11.4. The van der Waals surface area contributed by atoms with Crippen molar-refractivity contribution in [1.82, 2.24) is 0 Å². The van der Waals surface area contributed by atoms with Gasteiger partial charge in [0.05, 0.1) is 2.74 Å². The molecule has 0 N–H and O–H groups in total. The summed E-state index contributed by atoms with van der Waals surface area (Å²) in [6.45, 7) is 0. The van der Waals surface area contributed by atoms with Crippen LogP contribution in [0.15, 0.2) is 291 Å². The van der Waals surface area contributed by atoms with Gasteiger partial charge in [-0.3, -0.25) is 0 Å². The van der Waals surface area contributed by atoms with Gasteiger partial charge in [0.25, 0.3) is 0 Å². The average Bonchev–Trinajstić information content (AvgIpc) is 3.43. The predicted molar refractivity (Wildman–Crippen MR) is 288 cm³/mol. The molecule has 0 saturated heterocycles. The molecule has 11 aromatic rings. The molecule has 0 aliphatic rings. The van der Waals surface area contributed by atoms with Gasteiger partial charge in [0.2, 0.25) is 0 Å². The van der Waals surface area contributed by atoms with E-state index in [1.165, 1.54) is 22.3 Å². The maximum absolute atomic E-state index is 8.12. The fraction of sp³-hybridized carbons (Fsp3) is 0. The number of anilines is 6. The standard InChI is InChI=1S/C66H48N2/c1-5-16-49(17-6-1)51-30-38-63(39-31-51)67(61-26-9-3-10-27-61)65-42-34-53(35-43-65)55-20-13-22-57(46-55)59-24-15-25-60(48-59)58-23-14-21-56(47-58)54-36-44-66(45-37-54)68(62-28-11-4-12-29-62)64-40-32-52(33-41-64)50-18-7-2-8-19-50/h1-48H/i3T,4T. The van der Waals surface area contributed by atoms with Crippen molar-refractivity contribution in [3.8, 4) is 66.8 Å². The van der Waals surface area contributed by atoms with Gasteiger partial charge in [-0.05, 0) is 158 Å². The van der Waals surface area contributed by atoms with Gasteiger partial charge < -0.3 is 9.80 Å². The molecule has 0 fully saturated rings. The highest BCUT2D eigenvalue weighted by Gasteiger charge is 2.15. The molecule has 0 heterocycles. The minimum Gasteiger partial charge on any atom is -0.311 e. The first kappa shape index (κ1) is 39.4. The fourth-order valence-corrected chi connectivity index (χ4v) is 9.06. The molecule has 0 bridgehead atoms. The molecule has 0 radical (unpaired) electrons. The Balaban J connectivity index is 0.835. The van der Waals surface area contributed by atoms with Crippen LogP contribution >= 0.6 is 0 Å². The van der Waals surface area contributed by atoms with E-state index in [1.807, 2.05) is 60.7 Å². The van der Waals surface area contributed by atoms with Crippen LogP contribution in [-0.4, -0.2) is 0 Å². The SMILES string of the molecule is [3H]c1ccc(N(c2ccc(-c3ccccc3)cc2)c2ccc(-c3cccc(-c4cccc(-c5cccc(-c6ccc(N(c7ccc([3H])cc7)c7ccc(-c8ccccc8)cc7)cc6)c5)c4)c3)cc2)cc1. The topological polar surface area (TPSA) is 6.48 Å². The van der Waals surface area contributed by atoms with Gasteiger partial charge in [0.1, 0.15) is 0 Å². The van der Waals surface area contributed by atoms with Gasteiger partial charge in [0, 0.05) is 34.1 Å². The Morgan fingerprint density at radius 1 is 0.176 bits per heavy atom. The lowest BCUT2D eigenvalue weighted by Crippen LogP contribution is -2.09. The van der Waals surface area contributed by atoms with E-state index >= 15 is 0 Å². The maximum Gasteiger partial charge on any atom is 0.0623 e. The van der Waals surface area contributed by atoms with E-state index in [4.69, 9.17) is 2.74 Å². The Morgan fingerprint density at radius 3 is 0.662 bits per heavy atom. The van der Waals surface area contributed by atoms with E-state index in [0.29, 0.717) is 12.1 Å². The van der Waals surface area contributed by atoms with E-state index in [2.05, 4.69) is 228 Å². The molecule has 0 aliphatic heterocycles. The van der Waals surface area contributed by atoms with Crippen LogP contribution in [0.5, 0.6) is 0 Å². The molecule has 11 rings (SSSR count). The third-order valence-corrected chi connectivity index (χ3v) is 12.6. The molecule has 2 heteroatoms. The van der Waals surface area contributed by atoms with Crippen LogP contribution in [0.4, 0.5) is 34.1 Å². The van der Waals surface area contributed by atoms with Crippen molar-refractivity contribution in [2.45, 2.75) is 0 Å². The summed E-state index contributed by atoms with van der Waals surface area (Å²) < 4.78 is 16.2. The van der Waals surface area contributed by atoms with Crippen molar-refractivity contribution in [2.24, 2.45) is 0 Å². The summed E-state index contributed by atoms with van der Waals surface area (Å²) in [6.07, 6.45) is 0. The third kappa shape index (κ3) is 9.00. The molecule has 322 valence electrons. The van der Waals surface area contributed by atoms with Crippen LogP contribution in [0.2, 0.25) is 0 Å². The average molecular weight is 873 g/mol. The number of hydrogen-bond acceptors (Lipinski definition) is 2. The van der Waals surface area contributed by atoms with Crippen molar-refractivity contribution >= 4 is 34.1 Å². The molecular formula is C66H48N2. The van der Waals surface area contributed by atoms with Crippen molar-refractivity contribution in [3.63, 3.8) is 0 Å². The predicted octanol–water partition coefficient (Wildman–Crippen LogP) is 18.6. The zero-order valence-electron chi connectivity index (χ0n) is 39.5. The summed E-state index contributed by atoms with van der Waals surface area (Å²) in [4.78, 5) is 4.48. The molecule has 2 nitrogen and oxygen atoms in total. The molecule has 0 saturated carbocycles. The Labute approximate surface area is 402 Å². The highest BCUT2D eigenvalue weighted by molar-refractivity contribution is 5.84. The molecule has 68 heavy (non-hydrogen) atoms. The molecule has 0 aliphatic carbocycles. The van der Waals surface area contributed by atoms with Crippen LogP contribution in [-0.2, 0) is 0 Å². The van der Waals surface area contributed by atoms with Gasteiger partial charge in [-0.25, -0.2) is 0 Å². The van der Waals surface area contributed by atoms with E-state index in [-0.39, 0.29) is 0 Å². The first-order valence-electron chi connectivity index (χ1n) is 24.1. The Kier molecular flexibility index (Phi) is 11.1. The molecular weight excluding hydrogens is 821 g/mol. The molecule has 0 amide bonds. The first-order valence-corrected chi connectivity index (χ1v) is 23.1. The summed E-state index contributed by atoms with van der Waals surface area (Å²) in [5, 5.41) is 0. The summed E-state index contributed by atoms with van der Waals surface area (Å²) in [7, 11) is 0. The quantitative estimate of drug-likeness (QED) is 0.121. The summed E-state index contributed by atoms with van der Waals surface area (Å²) in [6, 6.07) is 98.5. The lowest BCUT2D eigenvalue weighted by Gasteiger charge is -2.26. The summed E-state index contributed by atoms with van der Waals surface area (Å²) >= 11 is 0. The number of hydrogen-bond donors (Lipinski definition) is 0. The summed E-state index contributed by atoms with van der Waals surface area (Å²) in [5.41, 5.74) is 20.1. The molecule has 11 aromatic carbocycles. The van der Waals surface area contributed by atoms with Crippen LogP contribution in [0.25, 0.3) is 66.8 Å². The highest BCUT2D eigenvalue weighted by atomic mass is 15.1. The molecule has 0 aromatic heterocycles. The van der Waals surface area contributed by atoms with Crippen LogP contribution in [0.1, 0.15) is 2.74 Å². The van der Waals surface area contributed by atoms with Gasteiger partial charge in [0.15, 0.2) is 0 Å². The van der Waals surface area contributed by atoms with Gasteiger partial charge in [-0.15, -0.1) is 0 Å². The lowest BCUT2D eigenvalue weighted by molar-refractivity contribution is 1.28. The zero-order chi connectivity index (χ0) is 47.2. The van der Waals surface area contributed by atoms with Gasteiger partial charge >= 0.3 is 0 Å². The minimum atomic E-state index is 0.485. The Morgan fingerprint density at radius 2 is 0.382 bits per heavy atom. The second-order valence-electron chi connectivity index (χ2n) is 16.8. The van der Waals surface area contributed by atoms with E-state index < -0.39 is 0 Å². The van der Waals surface area contributed by atoms with Gasteiger partial charge in [-0.2, -0.15) is 0 Å². The number of nitrogens with zero attached hydrogens (tertiary/aromatic N) is 2. The monoisotopic (exact) mass is 872 g/mol. The largest absolute Gasteiger partial charge is 0.311 e. The maximum atomic E-state index is 8.12. The fourth-order valence-electron chi connectivity index (χ4n) is 9.06. The smallest absolute Gasteiger partial charge is 0.0623 e. The van der Waals surface area contributed by atoms with Crippen molar-refractivity contribution < 1.29 is 2.74 Å². The van der Waals surface area contributed by atoms with Crippen LogP contribution in [0, 0.1) is 0 Å². The number of benzene rings is 11. The molecule has 0 atom stereocenters. The van der Waals surface area contributed by atoms with Crippen molar-refractivity contribution in [3.05, 3.63) is 291 Å². The van der Waals surface area contributed by atoms with Gasteiger partial charge in [-0.1, -0.05) is 200 Å². The van der Waals surface area contributed by atoms with E-state index in [0.717, 1.165) is 78.6 Å². The number of rotatable bonds is 12.